The molecule has 3 nitrogen and oxygen atoms in total. The van der Waals surface area contributed by atoms with Crippen LogP contribution in [0.3, 0.4) is 0 Å². The fourth-order valence-corrected chi connectivity index (χ4v) is 6.88. The first-order valence-corrected chi connectivity index (χ1v) is 16.2. The molecular formula is C38H41NO2S. The number of aliphatic carboxylic acids is 1. The number of benzene rings is 4. The summed E-state index contributed by atoms with van der Waals surface area (Å²) in [6, 6.07) is 24.2. The molecule has 1 N–H and O–H groups in total. The summed E-state index contributed by atoms with van der Waals surface area (Å²) in [6.45, 7) is 9.36. The molecule has 0 amide bonds. The van der Waals surface area contributed by atoms with Gasteiger partial charge in [-0.1, -0.05) is 110 Å². The van der Waals surface area contributed by atoms with E-state index in [9.17, 15) is 9.90 Å². The first-order valence-electron chi connectivity index (χ1n) is 15.0. The van der Waals surface area contributed by atoms with Crippen LogP contribution < -0.4 is 4.31 Å². The van der Waals surface area contributed by atoms with Crippen molar-refractivity contribution in [3.63, 3.8) is 0 Å². The van der Waals surface area contributed by atoms with Crippen LogP contribution in [0.15, 0.2) is 66.7 Å². The zero-order chi connectivity index (χ0) is 29.8. The molecule has 4 heteroatoms. The van der Waals surface area contributed by atoms with E-state index in [0.29, 0.717) is 0 Å². The Balaban J connectivity index is 1.59. The van der Waals surface area contributed by atoms with E-state index in [4.69, 9.17) is 0 Å². The van der Waals surface area contributed by atoms with Crippen molar-refractivity contribution in [3.05, 3.63) is 111 Å². The number of rotatable bonds is 10. The summed E-state index contributed by atoms with van der Waals surface area (Å²) in [4.78, 5) is 12.1. The highest BCUT2D eigenvalue weighted by atomic mass is 32.2. The predicted octanol–water partition coefficient (Wildman–Crippen LogP) is 10.1. The Morgan fingerprint density at radius 2 is 1.57 bits per heavy atom. The Bertz CT molecular complexity index is 1620. The first-order chi connectivity index (χ1) is 20.3. The van der Waals surface area contributed by atoms with Crippen LogP contribution in [0.2, 0.25) is 0 Å². The molecule has 216 valence electrons. The predicted molar refractivity (Wildman–Crippen MR) is 181 cm³/mol. The highest BCUT2D eigenvalue weighted by molar-refractivity contribution is 7.99. The molecule has 0 spiro atoms. The lowest BCUT2D eigenvalue weighted by Gasteiger charge is -2.36. The highest BCUT2D eigenvalue weighted by Crippen LogP contribution is 2.50. The zero-order valence-corrected chi connectivity index (χ0v) is 26.3. The van der Waals surface area contributed by atoms with Crippen LogP contribution in [-0.2, 0) is 24.2 Å². The van der Waals surface area contributed by atoms with Crippen molar-refractivity contribution in [1.82, 2.24) is 0 Å². The maximum absolute atomic E-state index is 12.1. The van der Waals surface area contributed by atoms with E-state index < -0.39 is 5.97 Å². The largest absolute Gasteiger partial charge is 0.481 e. The van der Waals surface area contributed by atoms with Crippen LogP contribution in [0.25, 0.3) is 34.4 Å². The third-order valence-corrected chi connectivity index (χ3v) is 9.22. The molecule has 0 saturated carbocycles. The molecule has 5 rings (SSSR count). The van der Waals surface area contributed by atoms with E-state index in [1.54, 1.807) is 11.9 Å². The van der Waals surface area contributed by atoms with Crippen molar-refractivity contribution >= 4 is 35.8 Å². The second-order valence-corrected chi connectivity index (χ2v) is 12.2. The monoisotopic (exact) mass is 575 g/mol. The van der Waals surface area contributed by atoms with Gasteiger partial charge in [-0.3, -0.25) is 4.79 Å². The summed E-state index contributed by atoms with van der Waals surface area (Å²) in [7, 11) is 0. The highest BCUT2D eigenvalue weighted by Gasteiger charge is 2.30. The lowest BCUT2D eigenvalue weighted by atomic mass is 9.80. The Labute approximate surface area is 255 Å². The minimum absolute atomic E-state index is 0.00157. The van der Waals surface area contributed by atoms with Crippen molar-refractivity contribution in [1.29, 1.82) is 0 Å². The molecule has 0 bridgehead atoms. The van der Waals surface area contributed by atoms with Crippen molar-refractivity contribution in [3.8, 4) is 22.3 Å². The number of hydrogen-bond donors (Lipinski definition) is 1. The molecule has 0 aromatic heterocycles. The molecule has 0 saturated heterocycles. The van der Waals surface area contributed by atoms with Gasteiger partial charge in [0.1, 0.15) is 0 Å². The van der Waals surface area contributed by atoms with Crippen molar-refractivity contribution in [2.75, 3.05) is 10.6 Å². The molecule has 0 radical (unpaired) electrons. The fourth-order valence-electron chi connectivity index (χ4n) is 6.20. The van der Waals surface area contributed by atoms with Crippen LogP contribution >= 0.6 is 11.9 Å². The molecule has 42 heavy (non-hydrogen) atoms. The third-order valence-electron chi connectivity index (χ3n) is 8.47. The summed E-state index contributed by atoms with van der Waals surface area (Å²) in [6.07, 6.45) is 11.4. The molecule has 1 heterocycles. The van der Waals surface area contributed by atoms with Gasteiger partial charge in [0.2, 0.25) is 0 Å². The smallest absolute Gasteiger partial charge is 0.307 e. The van der Waals surface area contributed by atoms with E-state index >= 15 is 0 Å². The van der Waals surface area contributed by atoms with Gasteiger partial charge in [-0.2, -0.15) is 0 Å². The SMILES string of the molecule is CCCCCc1ccc(/C=C/c2ccc3c(c2)-c2c(C)c(-c4ccc(C)cc4)c(CC(=O)O)c(C)c2N(SC)C3)cc1. The molecule has 0 aliphatic carbocycles. The number of carboxylic acid groups (broad SMARTS) is 1. The van der Waals surface area contributed by atoms with Gasteiger partial charge in [0.25, 0.3) is 0 Å². The molecule has 4 aromatic carbocycles. The average Bonchev–Trinajstić information content (AvgIpc) is 2.99. The normalized spacial score (nSPS) is 12.5. The molecule has 0 atom stereocenters. The van der Waals surface area contributed by atoms with Crippen LogP contribution in [0.4, 0.5) is 5.69 Å². The molecule has 0 fully saturated rings. The number of carbonyl (C=O) groups is 1. The second kappa shape index (κ2) is 13.0. The third kappa shape index (κ3) is 6.19. The van der Waals surface area contributed by atoms with Gasteiger partial charge in [0.15, 0.2) is 0 Å². The Morgan fingerprint density at radius 3 is 2.24 bits per heavy atom. The quantitative estimate of drug-likeness (QED) is 0.116. The summed E-state index contributed by atoms with van der Waals surface area (Å²) >= 11 is 1.70. The second-order valence-electron chi connectivity index (χ2n) is 11.4. The van der Waals surface area contributed by atoms with Crippen molar-refractivity contribution in [2.45, 2.75) is 66.3 Å². The van der Waals surface area contributed by atoms with Gasteiger partial charge < -0.3 is 9.41 Å². The van der Waals surface area contributed by atoms with Crippen LogP contribution in [-0.4, -0.2) is 17.3 Å². The molecule has 4 aromatic rings. The van der Waals surface area contributed by atoms with E-state index in [1.165, 1.54) is 52.6 Å². The average molecular weight is 576 g/mol. The number of nitrogens with zero attached hydrogens (tertiary/aromatic N) is 1. The summed E-state index contributed by atoms with van der Waals surface area (Å²) in [5, 5.41) is 9.91. The number of anilines is 1. The van der Waals surface area contributed by atoms with Gasteiger partial charge in [0, 0.05) is 11.8 Å². The molecule has 0 unspecified atom stereocenters. The van der Waals surface area contributed by atoms with Gasteiger partial charge in [-0.25, -0.2) is 0 Å². The lowest BCUT2D eigenvalue weighted by molar-refractivity contribution is -0.136. The van der Waals surface area contributed by atoms with E-state index in [2.05, 4.69) is 117 Å². The molecular weight excluding hydrogens is 534 g/mol. The van der Waals surface area contributed by atoms with Gasteiger partial charge in [0.05, 0.1) is 18.7 Å². The first kappa shape index (κ1) is 29.7. The lowest BCUT2D eigenvalue weighted by Crippen LogP contribution is -2.22. The maximum atomic E-state index is 12.1. The standard InChI is InChI=1S/C38H41NO2S/c1-6-7-8-9-28-12-14-29(15-13-28)16-17-30-18-21-32-24-39(42-5)38-26(3)33(23-35(40)41)36(27(4)37(38)34(32)22-30)31-19-10-25(2)11-20-31/h10-22H,6-9,23-24H2,1-5H3,(H,40,41)/b17-16+. The van der Waals surface area contributed by atoms with Gasteiger partial charge >= 0.3 is 5.97 Å². The van der Waals surface area contributed by atoms with E-state index in [0.717, 1.165) is 52.0 Å². The Morgan fingerprint density at radius 1 is 0.881 bits per heavy atom. The van der Waals surface area contributed by atoms with Crippen LogP contribution in [0.1, 0.15) is 70.7 Å². The number of hydrogen-bond acceptors (Lipinski definition) is 3. The summed E-state index contributed by atoms with van der Waals surface area (Å²) in [5.41, 5.74) is 15.0. The number of aryl methyl sites for hydroxylation is 2. The summed E-state index contributed by atoms with van der Waals surface area (Å²) < 4.78 is 2.32. The minimum Gasteiger partial charge on any atom is -0.481 e. The minimum atomic E-state index is -0.806. The van der Waals surface area contributed by atoms with Gasteiger partial charge in [-0.15, -0.1) is 0 Å². The topological polar surface area (TPSA) is 40.5 Å². The van der Waals surface area contributed by atoms with Crippen molar-refractivity contribution < 1.29 is 9.90 Å². The van der Waals surface area contributed by atoms with E-state index in [1.807, 2.05) is 0 Å². The van der Waals surface area contributed by atoms with Crippen LogP contribution in [0.5, 0.6) is 0 Å². The number of carboxylic acids is 1. The molecule has 1 aliphatic heterocycles. The number of unbranched alkanes of at least 4 members (excludes halogenated alkanes) is 2. The summed E-state index contributed by atoms with van der Waals surface area (Å²) in [5.74, 6) is -0.806. The van der Waals surface area contributed by atoms with E-state index in [-0.39, 0.29) is 6.42 Å². The Kier molecular flexibility index (Phi) is 9.23. The maximum Gasteiger partial charge on any atom is 0.307 e. The zero-order valence-electron chi connectivity index (χ0n) is 25.5. The Hall–Kier alpha value is -3.76. The number of fused-ring (bicyclic) bond motifs is 3. The molecule has 1 aliphatic rings. The van der Waals surface area contributed by atoms with Gasteiger partial charge in [-0.05, 0) is 95.3 Å². The fraction of sp³-hybridized carbons (Fsp3) is 0.289. The van der Waals surface area contributed by atoms with Crippen molar-refractivity contribution in [2.24, 2.45) is 0 Å². The van der Waals surface area contributed by atoms with Crippen LogP contribution in [0, 0.1) is 20.8 Å².